The Morgan fingerprint density at radius 3 is 2.42 bits per heavy atom. The van der Waals surface area contributed by atoms with Crippen LogP contribution in [0.2, 0.25) is 0 Å². The van der Waals surface area contributed by atoms with Gasteiger partial charge in [0.1, 0.15) is 5.75 Å². The van der Waals surface area contributed by atoms with Crippen molar-refractivity contribution in [3.05, 3.63) is 54.6 Å². The lowest BCUT2D eigenvalue weighted by atomic mass is 10.2. The number of carbonyl (C=O) groups is 1. The van der Waals surface area contributed by atoms with Crippen molar-refractivity contribution in [1.29, 1.82) is 0 Å². The molecule has 0 N–H and O–H groups in total. The van der Waals surface area contributed by atoms with Crippen LogP contribution < -0.4 is 4.74 Å². The van der Waals surface area contributed by atoms with Crippen molar-refractivity contribution in [2.45, 2.75) is 0 Å². The second kappa shape index (κ2) is 6.95. The third-order valence-corrected chi connectivity index (χ3v) is 3.42. The lowest BCUT2D eigenvalue weighted by molar-refractivity contribution is -0.130. The molecule has 0 aliphatic carbocycles. The monoisotopic (exact) mass is 323 g/mol. The molecule has 0 aliphatic heterocycles. The molecule has 0 saturated carbocycles. The number of benzene rings is 2. The van der Waals surface area contributed by atoms with E-state index in [-0.39, 0.29) is 12.5 Å². The van der Waals surface area contributed by atoms with E-state index in [4.69, 9.17) is 9.26 Å². The van der Waals surface area contributed by atoms with E-state index in [9.17, 15) is 4.79 Å². The zero-order valence-electron chi connectivity index (χ0n) is 13.5. The summed E-state index contributed by atoms with van der Waals surface area (Å²) in [6.07, 6.45) is 0. The second-order valence-electron chi connectivity index (χ2n) is 5.39. The van der Waals surface area contributed by atoms with Crippen LogP contribution in [0, 0.1) is 0 Å². The quantitative estimate of drug-likeness (QED) is 0.722. The number of nitrogens with zero attached hydrogens (tertiary/aromatic N) is 3. The maximum atomic E-state index is 11.5. The first-order valence-corrected chi connectivity index (χ1v) is 7.46. The first-order chi connectivity index (χ1) is 11.6. The van der Waals surface area contributed by atoms with Crippen molar-refractivity contribution in [3.63, 3.8) is 0 Å². The van der Waals surface area contributed by atoms with Gasteiger partial charge in [0.2, 0.25) is 5.82 Å². The Kier molecular flexibility index (Phi) is 4.56. The van der Waals surface area contributed by atoms with Crippen molar-refractivity contribution in [3.8, 4) is 28.6 Å². The number of amides is 1. The molecule has 0 bridgehead atoms. The van der Waals surface area contributed by atoms with Crippen LogP contribution in [-0.2, 0) is 4.79 Å². The Bertz CT molecular complexity index is 811. The van der Waals surface area contributed by atoms with Crippen LogP contribution in [0.15, 0.2) is 59.1 Å². The Balaban J connectivity index is 1.70. The fraction of sp³-hybridized carbons (Fsp3) is 0.167. The van der Waals surface area contributed by atoms with Crippen LogP contribution in [0.4, 0.5) is 0 Å². The van der Waals surface area contributed by atoms with Crippen molar-refractivity contribution >= 4 is 5.91 Å². The molecular weight excluding hydrogens is 306 g/mol. The van der Waals surface area contributed by atoms with E-state index >= 15 is 0 Å². The van der Waals surface area contributed by atoms with Gasteiger partial charge in [0.25, 0.3) is 11.8 Å². The molecule has 0 unspecified atom stereocenters. The van der Waals surface area contributed by atoms with E-state index < -0.39 is 0 Å². The van der Waals surface area contributed by atoms with Crippen molar-refractivity contribution in [1.82, 2.24) is 15.0 Å². The zero-order valence-corrected chi connectivity index (χ0v) is 13.5. The normalized spacial score (nSPS) is 10.4. The van der Waals surface area contributed by atoms with E-state index in [0.29, 0.717) is 17.5 Å². The number of ether oxygens (including phenoxy) is 1. The summed E-state index contributed by atoms with van der Waals surface area (Å²) >= 11 is 0. The van der Waals surface area contributed by atoms with Crippen LogP contribution in [0.25, 0.3) is 22.8 Å². The SMILES string of the molecule is CN(C)C(=O)COc1ccc(-c2nc(-c3ccccc3)no2)cc1. The van der Waals surface area contributed by atoms with Crippen molar-refractivity contribution < 1.29 is 14.1 Å². The second-order valence-corrected chi connectivity index (χ2v) is 5.39. The number of carbonyl (C=O) groups excluding carboxylic acids is 1. The number of rotatable bonds is 5. The summed E-state index contributed by atoms with van der Waals surface area (Å²) in [6, 6.07) is 16.8. The van der Waals surface area contributed by atoms with Gasteiger partial charge < -0.3 is 14.2 Å². The zero-order chi connectivity index (χ0) is 16.9. The van der Waals surface area contributed by atoms with Gasteiger partial charge in [0, 0.05) is 25.2 Å². The highest BCUT2D eigenvalue weighted by atomic mass is 16.5. The average molecular weight is 323 g/mol. The number of likely N-dealkylation sites (N-methyl/N-ethyl adjacent to an activating group) is 1. The minimum atomic E-state index is -0.0940. The predicted octanol–water partition coefficient (Wildman–Crippen LogP) is 2.87. The molecule has 0 atom stereocenters. The van der Waals surface area contributed by atoms with E-state index in [1.54, 1.807) is 26.2 Å². The maximum absolute atomic E-state index is 11.5. The molecule has 0 spiro atoms. The van der Waals surface area contributed by atoms with E-state index in [1.807, 2.05) is 42.5 Å². The van der Waals surface area contributed by atoms with E-state index in [0.717, 1.165) is 11.1 Å². The fourth-order valence-corrected chi connectivity index (χ4v) is 2.01. The summed E-state index contributed by atoms with van der Waals surface area (Å²) in [5.74, 6) is 1.49. The topological polar surface area (TPSA) is 68.5 Å². The summed E-state index contributed by atoms with van der Waals surface area (Å²) in [6.45, 7) is 0.00502. The summed E-state index contributed by atoms with van der Waals surface area (Å²) in [4.78, 5) is 17.4. The standard InChI is InChI=1S/C18H17N3O3/c1-21(2)16(22)12-23-15-10-8-14(9-11-15)18-19-17(20-24-18)13-6-4-3-5-7-13/h3-11H,12H2,1-2H3. The van der Waals surface area contributed by atoms with E-state index in [2.05, 4.69) is 10.1 Å². The maximum Gasteiger partial charge on any atom is 0.259 e. The number of hydrogen-bond donors (Lipinski definition) is 0. The Hall–Kier alpha value is -3.15. The molecule has 6 nitrogen and oxygen atoms in total. The van der Waals surface area contributed by atoms with Crippen molar-refractivity contribution in [2.24, 2.45) is 0 Å². The van der Waals surface area contributed by atoms with Gasteiger partial charge in [-0.1, -0.05) is 35.5 Å². The third kappa shape index (κ3) is 3.60. The molecule has 0 radical (unpaired) electrons. The summed E-state index contributed by atoms with van der Waals surface area (Å²) < 4.78 is 10.7. The van der Waals surface area contributed by atoms with Crippen LogP contribution in [0.5, 0.6) is 5.75 Å². The minimum Gasteiger partial charge on any atom is -0.484 e. The summed E-state index contributed by atoms with van der Waals surface area (Å²) in [5, 5.41) is 4.00. The van der Waals surface area contributed by atoms with Gasteiger partial charge in [0.15, 0.2) is 6.61 Å². The highest BCUT2D eigenvalue weighted by Gasteiger charge is 2.11. The largest absolute Gasteiger partial charge is 0.484 e. The lowest BCUT2D eigenvalue weighted by Gasteiger charge is -2.11. The smallest absolute Gasteiger partial charge is 0.259 e. The first-order valence-electron chi connectivity index (χ1n) is 7.46. The summed E-state index contributed by atoms with van der Waals surface area (Å²) in [7, 11) is 3.38. The van der Waals surface area contributed by atoms with Gasteiger partial charge in [0.05, 0.1) is 0 Å². The number of aromatic nitrogens is 2. The summed E-state index contributed by atoms with van der Waals surface area (Å²) in [5.41, 5.74) is 1.69. The van der Waals surface area contributed by atoms with Crippen molar-refractivity contribution in [2.75, 3.05) is 20.7 Å². The average Bonchev–Trinajstić information content (AvgIpc) is 3.11. The Labute approximate surface area is 139 Å². The molecule has 122 valence electrons. The van der Waals surface area contributed by atoms with Gasteiger partial charge >= 0.3 is 0 Å². The Morgan fingerprint density at radius 2 is 1.75 bits per heavy atom. The lowest BCUT2D eigenvalue weighted by Crippen LogP contribution is -2.27. The van der Waals surface area contributed by atoms with Gasteiger partial charge in [-0.15, -0.1) is 0 Å². The minimum absolute atomic E-state index is 0.00502. The van der Waals surface area contributed by atoms with Gasteiger partial charge in [-0.05, 0) is 24.3 Å². The molecule has 1 amide bonds. The Morgan fingerprint density at radius 1 is 1.04 bits per heavy atom. The molecule has 0 saturated heterocycles. The van der Waals surface area contributed by atoms with Crippen LogP contribution in [0.3, 0.4) is 0 Å². The fourth-order valence-electron chi connectivity index (χ4n) is 2.01. The van der Waals surface area contributed by atoms with Gasteiger partial charge in [-0.25, -0.2) is 0 Å². The molecule has 0 fully saturated rings. The number of hydrogen-bond acceptors (Lipinski definition) is 5. The van der Waals surface area contributed by atoms with E-state index in [1.165, 1.54) is 4.90 Å². The molecule has 24 heavy (non-hydrogen) atoms. The third-order valence-electron chi connectivity index (χ3n) is 3.42. The molecule has 1 heterocycles. The highest BCUT2D eigenvalue weighted by molar-refractivity contribution is 5.77. The highest BCUT2D eigenvalue weighted by Crippen LogP contribution is 2.24. The molecule has 3 rings (SSSR count). The molecule has 0 aliphatic rings. The molecule has 6 heteroatoms. The first kappa shape index (κ1) is 15.7. The molecule has 2 aromatic carbocycles. The molecule has 1 aromatic heterocycles. The molecular formula is C18H17N3O3. The van der Waals surface area contributed by atoms with Gasteiger partial charge in [-0.2, -0.15) is 4.98 Å². The molecule has 3 aromatic rings. The van der Waals surface area contributed by atoms with Gasteiger partial charge in [-0.3, -0.25) is 4.79 Å². The van der Waals surface area contributed by atoms with Crippen LogP contribution >= 0.6 is 0 Å². The van der Waals surface area contributed by atoms with Crippen LogP contribution in [0.1, 0.15) is 0 Å². The van der Waals surface area contributed by atoms with Crippen LogP contribution in [-0.4, -0.2) is 41.6 Å². The predicted molar refractivity (Wildman–Crippen MR) is 89.4 cm³/mol.